The molecule has 0 aliphatic heterocycles. The Hall–Kier alpha value is 0.430. The number of hydrogen-bond acceptors (Lipinski definition) is 0. The molecule has 3 saturated carbocycles. The summed E-state index contributed by atoms with van der Waals surface area (Å²) >= 11 is 0. The van der Waals surface area contributed by atoms with Gasteiger partial charge in [0.05, 0.1) is 0 Å². The third-order valence-electron chi connectivity index (χ3n) is 8.56. The van der Waals surface area contributed by atoms with Gasteiger partial charge in [0.15, 0.2) is 0 Å². The summed E-state index contributed by atoms with van der Waals surface area (Å²) < 4.78 is 0. The van der Waals surface area contributed by atoms with Gasteiger partial charge in [-0.15, -0.1) is 0 Å². The van der Waals surface area contributed by atoms with Crippen LogP contribution in [0.5, 0.6) is 0 Å². The molecule has 3 aliphatic carbocycles. The van der Waals surface area contributed by atoms with Crippen LogP contribution in [-0.4, -0.2) is 23.1 Å². The van der Waals surface area contributed by atoms with Crippen molar-refractivity contribution in [3.8, 4) is 0 Å². The van der Waals surface area contributed by atoms with Gasteiger partial charge in [0.2, 0.25) is 0 Å². The molecule has 3 aliphatic rings. The van der Waals surface area contributed by atoms with Gasteiger partial charge in [0.1, 0.15) is 0 Å². The van der Waals surface area contributed by atoms with Crippen LogP contribution in [0.3, 0.4) is 0 Å². The van der Waals surface area contributed by atoms with Crippen molar-refractivity contribution >= 4 is 7.26 Å². The van der Waals surface area contributed by atoms with Gasteiger partial charge in [-0.05, 0) is 0 Å². The number of unbranched alkanes of at least 4 members (excludes halogenated alkanes) is 3. The summed E-state index contributed by atoms with van der Waals surface area (Å²) in [6.07, 6.45) is 31.8. The second-order valence-electron chi connectivity index (χ2n) is 9.93. The minimum atomic E-state index is -1.14. The van der Waals surface area contributed by atoms with Gasteiger partial charge in [-0.1, -0.05) is 0 Å². The molecule has 0 aromatic carbocycles. The van der Waals surface area contributed by atoms with E-state index in [2.05, 4.69) is 6.92 Å². The second-order valence-corrected chi connectivity index (χ2v) is 15.1. The van der Waals surface area contributed by atoms with Gasteiger partial charge >= 0.3 is 159 Å². The molecular weight excluding hydrogens is 319 g/mol. The first kappa shape index (κ1) is 20.2. The zero-order valence-corrected chi connectivity index (χ0v) is 18.4. The first-order valence-electron chi connectivity index (χ1n) is 12.4. The van der Waals surface area contributed by atoms with Crippen molar-refractivity contribution < 1.29 is 0 Å². The maximum absolute atomic E-state index is 2.38. The molecule has 0 bridgehead atoms. The molecule has 25 heavy (non-hydrogen) atoms. The van der Waals surface area contributed by atoms with Crippen LogP contribution in [0.1, 0.15) is 129 Å². The molecule has 0 amide bonds. The van der Waals surface area contributed by atoms with E-state index in [0.717, 1.165) is 0 Å². The molecule has 0 atom stereocenters. The molecular formula is C24H47P. The molecule has 0 heterocycles. The van der Waals surface area contributed by atoms with Gasteiger partial charge in [0.25, 0.3) is 0 Å². The minimum absolute atomic E-state index is 1.14. The van der Waals surface area contributed by atoms with Crippen LogP contribution in [0.4, 0.5) is 0 Å². The van der Waals surface area contributed by atoms with Crippen molar-refractivity contribution in [1.82, 2.24) is 0 Å². The van der Waals surface area contributed by atoms with Gasteiger partial charge in [0, 0.05) is 0 Å². The van der Waals surface area contributed by atoms with E-state index in [4.69, 9.17) is 0 Å². The fourth-order valence-corrected chi connectivity index (χ4v) is 15.9. The SMILES string of the molecule is CCCCCC[PH](C1CCCCC1)(C1CCCCC1)C1CCCCC1. The molecule has 0 radical (unpaired) electrons. The zero-order valence-electron chi connectivity index (χ0n) is 17.4. The Labute approximate surface area is 159 Å². The Kier molecular flexibility index (Phi) is 8.62. The molecule has 148 valence electrons. The summed E-state index contributed by atoms with van der Waals surface area (Å²) in [5.74, 6) is 0. The number of hydrogen-bond donors (Lipinski definition) is 0. The Bertz CT molecular complexity index is 300. The van der Waals surface area contributed by atoms with E-state index in [0.29, 0.717) is 0 Å². The van der Waals surface area contributed by atoms with Crippen LogP contribution >= 0.6 is 7.26 Å². The van der Waals surface area contributed by atoms with Gasteiger partial charge in [-0.3, -0.25) is 0 Å². The molecule has 0 unspecified atom stereocenters. The molecule has 0 aromatic rings. The first-order valence-corrected chi connectivity index (χ1v) is 14.8. The van der Waals surface area contributed by atoms with Crippen LogP contribution in [0.15, 0.2) is 0 Å². The van der Waals surface area contributed by atoms with E-state index in [1.165, 1.54) is 36.2 Å². The van der Waals surface area contributed by atoms with Crippen LogP contribution in [-0.2, 0) is 0 Å². The van der Waals surface area contributed by atoms with Crippen LogP contribution in [0.25, 0.3) is 0 Å². The molecule has 0 spiro atoms. The Morgan fingerprint density at radius 3 is 1.28 bits per heavy atom. The van der Waals surface area contributed by atoms with Crippen molar-refractivity contribution in [3.05, 3.63) is 0 Å². The first-order chi connectivity index (χ1) is 12.4. The van der Waals surface area contributed by atoms with Crippen molar-refractivity contribution in [2.24, 2.45) is 0 Å². The standard InChI is InChI=1S/C24H47P/c1-2-3-4-14-21-25(22-15-8-5-9-16-22,23-17-10-6-11-18-23)24-19-12-7-13-20-24/h22-25H,2-21H2,1H3. The molecule has 3 rings (SSSR count). The summed E-state index contributed by atoms with van der Waals surface area (Å²) in [6.45, 7) is 2.38. The Balaban J connectivity index is 1.82. The average Bonchev–Trinajstić information content (AvgIpc) is 2.70. The van der Waals surface area contributed by atoms with Crippen molar-refractivity contribution in [2.45, 2.75) is 146 Å². The molecule has 3 fully saturated rings. The van der Waals surface area contributed by atoms with Crippen LogP contribution < -0.4 is 0 Å². The summed E-state index contributed by atoms with van der Waals surface area (Å²) in [7, 11) is -1.14. The molecule has 0 saturated heterocycles. The van der Waals surface area contributed by atoms with E-state index in [-0.39, 0.29) is 0 Å². The van der Waals surface area contributed by atoms with Gasteiger partial charge in [-0.2, -0.15) is 0 Å². The summed E-state index contributed by atoms with van der Waals surface area (Å²) in [4.78, 5) is 0. The van der Waals surface area contributed by atoms with Crippen LogP contribution in [0, 0.1) is 0 Å². The van der Waals surface area contributed by atoms with E-state index < -0.39 is 7.26 Å². The maximum atomic E-state index is 2.38. The van der Waals surface area contributed by atoms with E-state index in [1.54, 1.807) is 109 Å². The normalized spacial score (nSPS) is 26.0. The summed E-state index contributed by atoms with van der Waals surface area (Å²) in [6, 6.07) is 0. The van der Waals surface area contributed by atoms with Gasteiger partial charge in [-0.25, -0.2) is 0 Å². The second kappa shape index (κ2) is 10.7. The summed E-state index contributed by atoms with van der Waals surface area (Å²) in [5.41, 5.74) is 3.69. The third-order valence-corrected chi connectivity index (χ3v) is 16.1. The Morgan fingerprint density at radius 1 is 0.520 bits per heavy atom. The van der Waals surface area contributed by atoms with Crippen molar-refractivity contribution in [2.75, 3.05) is 6.16 Å². The molecule has 1 heteroatoms. The molecule has 0 nitrogen and oxygen atoms in total. The quantitative estimate of drug-likeness (QED) is 0.299. The van der Waals surface area contributed by atoms with E-state index >= 15 is 0 Å². The fraction of sp³-hybridized carbons (Fsp3) is 1.00. The average molecular weight is 367 g/mol. The monoisotopic (exact) mass is 366 g/mol. The molecule has 0 aromatic heterocycles. The van der Waals surface area contributed by atoms with E-state index in [9.17, 15) is 0 Å². The van der Waals surface area contributed by atoms with Crippen molar-refractivity contribution in [1.29, 1.82) is 0 Å². The fourth-order valence-electron chi connectivity index (χ4n) is 7.39. The Morgan fingerprint density at radius 2 is 0.920 bits per heavy atom. The van der Waals surface area contributed by atoms with E-state index in [1.807, 2.05) is 0 Å². The van der Waals surface area contributed by atoms with Crippen molar-refractivity contribution in [3.63, 3.8) is 0 Å². The predicted octanol–water partition coefficient (Wildman–Crippen LogP) is 8.31. The van der Waals surface area contributed by atoms with Gasteiger partial charge < -0.3 is 0 Å². The summed E-state index contributed by atoms with van der Waals surface area (Å²) in [5, 5.41) is 0. The zero-order chi connectivity index (χ0) is 17.4. The predicted molar refractivity (Wildman–Crippen MR) is 118 cm³/mol. The topological polar surface area (TPSA) is 0 Å². The molecule has 0 N–H and O–H groups in total. The van der Waals surface area contributed by atoms with Crippen LogP contribution in [0.2, 0.25) is 0 Å². The number of rotatable bonds is 8. The third kappa shape index (κ3) is 5.03.